The van der Waals surface area contributed by atoms with Gasteiger partial charge in [0, 0.05) is 0 Å². The van der Waals surface area contributed by atoms with Gasteiger partial charge in [-0.15, -0.1) is 0 Å². The van der Waals surface area contributed by atoms with Gasteiger partial charge in [-0.3, -0.25) is 4.79 Å². The van der Waals surface area contributed by atoms with E-state index in [0.717, 1.165) is 0 Å². The maximum atomic E-state index is 12.2. The molecule has 2 rings (SSSR count). The molecule has 0 N–H and O–H groups in total. The topological polar surface area (TPSA) is 63.6 Å². The van der Waals surface area contributed by atoms with Crippen LogP contribution in [0, 0.1) is 0 Å². The van der Waals surface area contributed by atoms with Crippen molar-refractivity contribution in [1.29, 1.82) is 0 Å². The lowest BCUT2D eigenvalue weighted by Crippen LogP contribution is -2.13. The second-order valence-electron chi connectivity index (χ2n) is 3.71. The highest BCUT2D eigenvalue weighted by Crippen LogP contribution is 2.31. The summed E-state index contributed by atoms with van der Waals surface area (Å²) in [4.78, 5) is 11.8. The monoisotopic (exact) mass is 481 g/mol. The molecule has 0 unspecified atom stereocenters. The normalized spacial score (nSPS) is 18.4. The molecule has 0 amide bonds. The summed E-state index contributed by atoms with van der Waals surface area (Å²) < 4.78 is 28.8. The van der Waals surface area contributed by atoms with Crippen molar-refractivity contribution >= 4 is 69.3 Å². The Balaban J connectivity index is 2.54. The fraction of sp³-hybridized carbons (Fsp3) is 0. The molecule has 8 heteroatoms. The van der Waals surface area contributed by atoms with Crippen molar-refractivity contribution in [1.82, 2.24) is 0 Å². The molecule has 20 heavy (non-hydrogen) atoms. The first-order valence-corrected chi connectivity index (χ1v) is 9.02. The molecule has 104 valence electrons. The van der Waals surface area contributed by atoms with E-state index in [2.05, 4.69) is 52.2 Å². The zero-order valence-corrected chi connectivity index (χ0v) is 15.3. The molecular weight excluding hydrogens is 478 g/mol. The molecule has 0 aromatic heterocycles. The van der Waals surface area contributed by atoms with Gasteiger partial charge < -0.3 is 0 Å². The van der Waals surface area contributed by atoms with Crippen molar-refractivity contribution in [3.8, 4) is 0 Å². The third kappa shape index (κ3) is 3.19. The molecular formula is C12H6Br3NO3S. The van der Waals surface area contributed by atoms with Crippen molar-refractivity contribution < 1.29 is 13.2 Å². The molecule has 0 atom stereocenters. The molecule has 1 aromatic carbocycles. The van der Waals surface area contributed by atoms with Gasteiger partial charge in [0.05, 0.1) is 24.1 Å². The maximum absolute atomic E-state index is 12.2. The summed E-state index contributed by atoms with van der Waals surface area (Å²) in [6.07, 6.45) is 1.36. The minimum atomic E-state index is -3.83. The van der Waals surface area contributed by atoms with E-state index >= 15 is 0 Å². The molecule has 4 nitrogen and oxygen atoms in total. The predicted octanol–water partition coefficient (Wildman–Crippen LogP) is 3.68. The van der Waals surface area contributed by atoms with Crippen LogP contribution in [-0.2, 0) is 14.8 Å². The SMILES string of the molecule is O=C1C(Br)=C/C(=N\S(=O)(=O)c2ccccc2)C(Br)=C1Br. The maximum Gasteiger partial charge on any atom is 0.282 e. The first-order valence-electron chi connectivity index (χ1n) is 5.20. The predicted molar refractivity (Wildman–Crippen MR) is 88.0 cm³/mol. The quantitative estimate of drug-likeness (QED) is 0.603. The number of rotatable bonds is 2. The van der Waals surface area contributed by atoms with E-state index in [9.17, 15) is 13.2 Å². The number of carbonyl (C=O) groups excluding carboxylic acids is 1. The van der Waals surface area contributed by atoms with Crippen LogP contribution in [0.3, 0.4) is 0 Å². The Morgan fingerprint density at radius 2 is 1.55 bits per heavy atom. The first kappa shape index (κ1) is 15.8. The van der Waals surface area contributed by atoms with Gasteiger partial charge in [-0.1, -0.05) is 18.2 Å². The smallest absolute Gasteiger partial charge is 0.282 e. The number of ketones is 1. The van der Waals surface area contributed by atoms with Gasteiger partial charge in [0.2, 0.25) is 5.78 Å². The van der Waals surface area contributed by atoms with Gasteiger partial charge >= 0.3 is 0 Å². The summed E-state index contributed by atoms with van der Waals surface area (Å²) in [5.41, 5.74) is 0.146. The Hall–Kier alpha value is -0.570. The van der Waals surface area contributed by atoms with Gasteiger partial charge in [-0.25, -0.2) is 0 Å². The number of sulfonamides is 1. The number of nitrogens with zero attached hydrogens (tertiary/aromatic N) is 1. The minimum absolute atomic E-state index is 0.0883. The number of benzene rings is 1. The van der Waals surface area contributed by atoms with E-state index in [-0.39, 0.29) is 25.4 Å². The van der Waals surface area contributed by atoms with E-state index in [0.29, 0.717) is 4.48 Å². The molecule has 0 saturated carbocycles. The van der Waals surface area contributed by atoms with E-state index < -0.39 is 10.0 Å². The average molecular weight is 484 g/mol. The molecule has 0 heterocycles. The molecule has 0 aliphatic heterocycles. The summed E-state index contributed by atoms with van der Waals surface area (Å²) in [5, 5.41) is 0. The largest absolute Gasteiger partial charge is 0.287 e. The highest BCUT2D eigenvalue weighted by Gasteiger charge is 2.25. The zero-order chi connectivity index (χ0) is 14.9. The van der Waals surface area contributed by atoms with Gasteiger partial charge in [0.1, 0.15) is 0 Å². The second-order valence-corrected chi connectivity index (χ2v) is 7.76. The molecule has 0 fully saturated rings. The Bertz CT molecular complexity index is 764. The number of carbonyl (C=O) groups is 1. The van der Waals surface area contributed by atoms with Crippen molar-refractivity contribution in [3.05, 3.63) is 49.9 Å². The summed E-state index contributed by atoms with van der Waals surface area (Å²) in [5.74, 6) is -0.284. The average Bonchev–Trinajstić information content (AvgIpc) is 2.43. The van der Waals surface area contributed by atoms with Crippen molar-refractivity contribution in [2.24, 2.45) is 4.40 Å². The van der Waals surface area contributed by atoms with Gasteiger partial charge in [-0.2, -0.15) is 12.8 Å². The van der Waals surface area contributed by atoms with E-state index in [1.807, 2.05) is 0 Å². The van der Waals surface area contributed by atoms with Crippen LogP contribution in [0.4, 0.5) is 0 Å². The van der Waals surface area contributed by atoms with Crippen LogP contribution in [0.15, 0.2) is 59.1 Å². The lowest BCUT2D eigenvalue weighted by Gasteiger charge is -2.10. The Morgan fingerprint density at radius 3 is 2.15 bits per heavy atom. The third-order valence-electron chi connectivity index (χ3n) is 2.36. The molecule has 1 aromatic rings. The second kappa shape index (κ2) is 6.05. The number of Topliss-reactive ketones (excluding diaryl/α,β-unsaturated/α-hetero) is 1. The van der Waals surface area contributed by atoms with Crippen LogP contribution < -0.4 is 0 Å². The van der Waals surface area contributed by atoms with Crippen LogP contribution in [-0.4, -0.2) is 19.9 Å². The van der Waals surface area contributed by atoms with Gasteiger partial charge in [0.25, 0.3) is 10.0 Å². The van der Waals surface area contributed by atoms with Crippen LogP contribution >= 0.6 is 47.8 Å². The fourth-order valence-electron chi connectivity index (χ4n) is 1.41. The van der Waals surface area contributed by atoms with Crippen LogP contribution in [0.2, 0.25) is 0 Å². The van der Waals surface area contributed by atoms with E-state index in [4.69, 9.17) is 0 Å². The highest BCUT2D eigenvalue weighted by atomic mass is 79.9. The number of hydrogen-bond donors (Lipinski definition) is 0. The zero-order valence-electron chi connectivity index (χ0n) is 9.68. The Morgan fingerprint density at radius 1 is 0.950 bits per heavy atom. The first-order chi connectivity index (χ1) is 9.33. The lowest BCUT2D eigenvalue weighted by atomic mass is 10.2. The molecule has 0 radical (unpaired) electrons. The third-order valence-corrected chi connectivity index (χ3v) is 6.34. The summed E-state index contributed by atoms with van der Waals surface area (Å²) in [7, 11) is -3.83. The molecule has 0 spiro atoms. The van der Waals surface area contributed by atoms with Crippen LogP contribution in [0.1, 0.15) is 0 Å². The summed E-state index contributed by atoms with van der Waals surface area (Å²) >= 11 is 9.34. The van der Waals surface area contributed by atoms with E-state index in [1.165, 1.54) is 18.2 Å². The molecule has 1 aliphatic rings. The van der Waals surface area contributed by atoms with Crippen molar-refractivity contribution in [2.45, 2.75) is 4.90 Å². The van der Waals surface area contributed by atoms with Gasteiger partial charge in [0.15, 0.2) is 0 Å². The number of halogens is 3. The van der Waals surface area contributed by atoms with Crippen LogP contribution in [0.5, 0.6) is 0 Å². The van der Waals surface area contributed by atoms with Crippen LogP contribution in [0.25, 0.3) is 0 Å². The Labute approximate surface area is 141 Å². The minimum Gasteiger partial charge on any atom is -0.287 e. The van der Waals surface area contributed by atoms with Crippen molar-refractivity contribution in [2.75, 3.05) is 0 Å². The van der Waals surface area contributed by atoms with E-state index in [1.54, 1.807) is 18.2 Å². The summed E-state index contributed by atoms with van der Waals surface area (Å²) in [6, 6.07) is 7.86. The molecule has 0 saturated heterocycles. The summed E-state index contributed by atoms with van der Waals surface area (Å²) in [6.45, 7) is 0. The molecule has 0 bridgehead atoms. The number of hydrogen-bond acceptors (Lipinski definition) is 3. The lowest BCUT2D eigenvalue weighted by molar-refractivity contribution is -0.110. The fourth-order valence-corrected chi connectivity index (χ4v) is 4.01. The Kier molecular flexibility index (Phi) is 4.78. The van der Waals surface area contributed by atoms with Gasteiger partial charge in [-0.05, 0) is 66.0 Å². The standard InChI is InChI=1S/C12H6Br3NO3S/c13-8-6-9(10(14)11(15)12(8)17)16-20(18,19)7-4-2-1-3-5-7/h1-6H/b16-9+. The highest BCUT2D eigenvalue weighted by molar-refractivity contribution is 9.15. The van der Waals surface area contributed by atoms with Crippen molar-refractivity contribution in [3.63, 3.8) is 0 Å². The molecule has 1 aliphatic carbocycles. The number of allylic oxidation sites excluding steroid dienone is 4.